The molecule has 4 N–H and O–H groups in total. The number of terminal acetylenes is 1. The van der Waals surface area contributed by atoms with E-state index in [-0.39, 0.29) is 23.1 Å². The molecule has 3 rings (SSSR count). The number of hydrogen-bond donors (Lipinski definition) is 3. The minimum Gasteiger partial charge on any atom is -0.504 e. The van der Waals surface area contributed by atoms with Crippen LogP contribution in [0.4, 0.5) is 10.2 Å². The van der Waals surface area contributed by atoms with Gasteiger partial charge in [0.15, 0.2) is 11.5 Å². The van der Waals surface area contributed by atoms with Crippen LogP contribution in [-0.4, -0.2) is 15.2 Å². The number of anilines is 1. The molecule has 0 amide bonds. The molecule has 1 heterocycles. The third-order valence-corrected chi connectivity index (χ3v) is 3.62. The molecule has 0 bridgehead atoms. The maximum Gasteiger partial charge on any atom is 0.158 e. The number of aromatic hydroxyl groups is 2. The number of halogens is 1. The smallest absolute Gasteiger partial charge is 0.158 e. The van der Waals surface area contributed by atoms with Gasteiger partial charge in [-0.15, -0.1) is 6.42 Å². The van der Waals surface area contributed by atoms with Crippen molar-refractivity contribution in [2.45, 2.75) is 0 Å². The average molecular weight is 320 g/mol. The summed E-state index contributed by atoms with van der Waals surface area (Å²) in [4.78, 5) is 4.27. The van der Waals surface area contributed by atoms with Crippen molar-refractivity contribution in [2.75, 3.05) is 5.73 Å². The molecule has 5 heteroatoms. The molecule has 0 radical (unpaired) electrons. The molecule has 0 fully saturated rings. The van der Waals surface area contributed by atoms with Crippen LogP contribution in [0.2, 0.25) is 0 Å². The zero-order chi connectivity index (χ0) is 17.3. The van der Waals surface area contributed by atoms with Crippen LogP contribution in [0.5, 0.6) is 11.5 Å². The number of rotatable bonds is 2. The Balaban J connectivity index is 2.22. The van der Waals surface area contributed by atoms with Crippen LogP contribution in [0.15, 0.2) is 48.5 Å². The summed E-state index contributed by atoms with van der Waals surface area (Å²) in [5, 5.41) is 19.2. The number of nitrogens with two attached hydrogens (primary N) is 1. The number of hydrogen-bond acceptors (Lipinski definition) is 4. The molecule has 0 saturated heterocycles. The Hall–Kier alpha value is -3.52. The minimum atomic E-state index is -0.351. The van der Waals surface area contributed by atoms with Crippen LogP contribution < -0.4 is 5.73 Å². The van der Waals surface area contributed by atoms with E-state index in [0.29, 0.717) is 27.9 Å². The van der Waals surface area contributed by atoms with Crippen LogP contribution in [0.3, 0.4) is 0 Å². The molecule has 24 heavy (non-hydrogen) atoms. The first kappa shape index (κ1) is 15.4. The summed E-state index contributed by atoms with van der Waals surface area (Å²) in [7, 11) is 0. The molecular weight excluding hydrogens is 307 g/mol. The maximum absolute atomic E-state index is 13.1. The van der Waals surface area contributed by atoms with E-state index in [9.17, 15) is 14.6 Å². The zero-order valence-corrected chi connectivity index (χ0v) is 12.5. The molecule has 2 aromatic carbocycles. The number of benzene rings is 2. The van der Waals surface area contributed by atoms with Gasteiger partial charge in [-0.3, -0.25) is 0 Å². The minimum absolute atomic E-state index is 0.155. The first-order valence-electron chi connectivity index (χ1n) is 7.05. The van der Waals surface area contributed by atoms with Crippen molar-refractivity contribution in [3.05, 3.63) is 59.9 Å². The molecule has 1 aromatic heterocycles. The van der Waals surface area contributed by atoms with Crippen LogP contribution in [0, 0.1) is 18.2 Å². The molecule has 0 aliphatic heterocycles. The number of nitrogen functional groups attached to an aromatic ring is 1. The Bertz CT molecular complexity index is 960. The molecule has 0 atom stereocenters. The fourth-order valence-corrected chi connectivity index (χ4v) is 2.40. The van der Waals surface area contributed by atoms with Gasteiger partial charge in [-0.25, -0.2) is 9.37 Å². The second kappa shape index (κ2) is 5.94. The Labute approximate surface area is 138 Å². The Morgan fingerprint density at radius 2 is 1.62 bits per heavy atom. The van der Waals surface area contributed by atoms with E-state index in [2.05, 4.69) is 10.9 Å². The maximum atomic E-state index is 13.1. The second-order valence-electron chi connectivity index (χ2n) is 5.17. The fraction of sp³-hybridized carbons (Fsp3) is 0. The van der Waals surface area contributed by atoms with Gasteiger partial charge in [-0.1, -0.05) is 12.0 Å². The van der Waals surface area contributed by atoms with Crippen molar-refractivity contribution < 1.29 is 14.6 Å². The number of nitrogens with zero attached hydrogens (tertiary/aromatic N) is 1. The third kappa shape index (κ3) is 2.73. The van der Waals surface area contributed by atoms with Crippen LogP contribution in [-0.2, 0) is 0 Å². The van der Waals surface area contributed by atoms with E-state index < -0.39 is 0 Å². The lowest BCUT2D eigenvalue weighted by Gasteiger charge is -2.11. The summed E-state index contributed by atoms with van der Waals surface area (Å²) >= 11 is 0. The van der Waals surface area contributed by atoms with Crippen molar-refractivity contribution in [3.63, 3.8) is 0 Å². The van der Waals surface area contributed by atoms with E-state index in [1.807, 2.05) is 0 Å². The molecule has 118 valence electrons. The molecule has 0 aliphatic carbocycles. The highest BCUT2D eigenvalue weighted by Crippen LogP contribution is 2.35. The topological polar surface area (TPSA) is 79.4 Å². The van der Waals surface area contributed by atoms with E-state index in [1.54, 1.807) is 24.3 Å². The lowest BCUT2D eigenvalue weighted by molar-refractivity contribution is 0.404. The molecule has 0 spiro atoms. The summed E-state index contributed by atoms with van der Waals surface area (Å²) in [5.74, 6) is 1.79. The number of pyridine rings is 1. The normalized spacial score (nSPS) is 10.3. The largest absolute Gasteiger partial charge is 0.504 e. The number of phenolic OH excluding ortho intramolecular Hbond substituents is 2. The van der Waals surface area contributed by atoms with Crippen molar-refractivity contribution in [1.29, 1.82) is 0 Å². The van der Waals surface area contributed by atoms with E-state index in [4.69, 9.17) is 12.2 Å². The average Bonchev–Trinajstić information content (AvgIpc) is 2.57. The zero-order valence-electron chi connectivity index (χ0n) is 12.5. The monoisotopic (exact) mass is 320 g/mol. The summed E-state index contributed by atoms with van der Waals surface area (Å²) in [6.07, 6.45) is 5.53. The predicted octanol–water partition coefficient (Wildman–Crippen LogP) is 3.53. The van der Waals surface area contributed by atoms with Crippen molar-refractivity contribution in [1.82, 2.24) is 4.98 Å². The van der Waals surface area contributed by atoms with Gasteiger partial charge in [0, 0.05) is 11.1 Å². The molecule has 3 aromatic rings. The number of aromatic nitrogens is 1. The third-order valence-electron chi connectivity index (χ3n) is 3.62. The summed E-state index contributed by atoms with van der Waals surface area (Å²) in [6, 6.07) is 11.9. The Morgan fingerprint density at radius 1 is 0.958 bits per heavy atom. The van der Waals surface area contributed by atoms with E-state index in [1.165, 1.54) is 24.3 Å². The van der Waals surface area contributed by atoms with Gasteiger partial charge in [0.2, 0.25) is 0 Å². The first-order chi connectivity index (χ1) is 11.5. The van der Waals surface area contributed by atoms with Crippen LogP contribution in [0.1, 0.15) is 5.56 Å². The van der Waals surface area contributed by atoms with Crippen LogP contribution >= 0.6 is 0 Å². The summed E-state index contributed by atoms with van der Waals surface area (Å²) in [6.45, 7) is 0. The highest BCUT2D eigenvalue weighted by atomic mass is 19.1. The standard InChI is InChI=1S/C19H13FN2O2/c1-2-14-15(12-5-8-17(23)18(24)9-12)10-16(22-19(14)21)11-3-6-13(20)7-4-11/h1,3-10,23-24H,(H2,21,22). The van der Waals surface area contributed by atoms with Crippen molar-refractivity contribution in [3.8, 4) is 46.2 Å². The molecule has 0 unspecified atom stereocenters. The van der Waals surface area contributed by atoms with Gasteiger partial charge in [0.25, 0.3) is 0 Å². The van der Waals surface area contributed by atoms with Crippen LogP contribution in [0.25, 0.3) is 22.4 Å². The van der Waals surface area contributed by atoms with Gasteiger partial charge in [0.05, 0.1) is 11.3 Å². The van der Waals surface area contributed by atoms with Crippen molar-refractivity contribution >= 4 is 5.82 Å². The van der Waals surface area contributed by atoms with Gasteiger partial charge in [-0.2, -0.15) is 0 Å². The highest BCUT2D eigenvalue weighted by Gasteiger charge is 2.13. The van der Waals surface area contributed by atoms with E-state index in [0.717, 1.165) is 0 Å². The second-order valence-corrected chi connectivity index (χ2v) is 5.17. The van der Waals surface area contributed by atoms with Gasteiger partial charge >= 0.3 is 0 Å². The lowest BCUT2D eigenvalue weighted by atomic mass is 9.98. The Morgan fingerprint density at radius 3 is 2.25 bits per heavy atom. The van der Waals surface area contributed by atoms with Gasteiger partial charge < -0.3 is 15.9 Å². The fourth-order valence-electron chi connectivity index (χ4n) is 2.40. The van der Waals surface area contributed by atoms with Gasteiger partial charge in [0.1, 0.15) is 11.6 Å². The first-order valence-corrected chi connectivity index (χ1v) is 7.05. The molecule has 0 aliphatic rings. The van der Waals surface area contributed by atoms with Gasteiger partial charge in [-0.05, 0) is 48.0 Å². The lowest BCUT2D eigenvalue weighted by Crippen LogP contribution is -1.99. The predicted molar refractivity (Wildman–Crippen MR) is 90.7 cm³/mol. The Kier molecular flexibility index (Phi) is 3.80. The molecule has 0 saturated carbocycles. The SMILES string of the molecule is C#Cc1c(-c2ccc(O)c(O)c2)cc(-c2ccc(F)cc2)nc1N. The summed E-state index contributed by atoms with van der Waals surface area (Å²) in [5.41, 5.74) is 8.71. The summed E-state index contributed by atoms with van der Waals surface area (Å²) < 4.78 is 13.1. The number of phenols is 2. The molecular formula is C19H13FN2O2. The van der Waals surface area contributed by atoms with E-state index >= 15 is 0 Å². The quantitative estimate of drug-likeness (QED) is 0.498. The highest BCUT2D eigenvalue weighted by molar-refractivity contribution is 5.81. The van der Waals surface area contributed by atoms with Crippen molar-refractivity contribution in [2.24, 2.45) is 0 Å². The molecule has 4 nitrogen and oxygen atoms in total.